The molecule has 0 spiro atoms. The van der Waals surface area contributed by atoms with Gasteiger partial charge in [-0.1, -0.05) is 24.4 Å². The topological polar surface area (TPSA) is 91.8 Å². The van der Waals surface area contributed by atoms with Gasteiger partial charge in [0.1, 0.15) is 12.1 Å². The monoisotopic (exact) mass is 457 g/mol. The summed E-state index contributed by atoms with van der Waals surface area (Å²) in [6.45, 7) is 0.430. The van der Waals surface area contributed by atoms with Crippen molar-refractivity contribution in [3.63, 3.8) is 0 Å². The number of hydrogen-bond donors (Lipinski definition) is 1. The molecular formula is C23H24ClN3O5. The number of anilines is 1. The summed E-state index contributed by atoms with van der Waals surface area (Å²) in [6.07, 6.45) is 5.50. The lowest BCUT2D eigenvalue weighted by atomic mass is 10.1. The Hall–Kier alpha value is -3.26. The van der Waals surface area contributed by atoms with Crippen LogP contribution in [0.25, 0.3) is 10.9 Å². The summed E-state index contributed by atoms with van der Waals surface area (Å²) in [7, 11) is 3.11. The summed E-state index contributed by atoms with van der Waals surface area (Å²) in [5.74, 6) is 2.34. The van der Waals surface area contributed by atoms with Gasteiger partial charge < -0.3 is 18.9 Å². The van der Waals surface area contributed by atoms with E-state index in [-0.39, 0.29) is 0 Å². The summed E-state index contributed by atoms with van der Waals surface area (Å²) < 4.78 is 22.0. The van der Waals surface area contributed by atoms with E-state index in [1.54, 1.807) is 44.6 Å². The maximum Gasteiger partial charge on any atom is 0.411 e. The molecule has 8 nitrogen and oxygen atoms in total. The number of carbonyl (C=O) groups is 1. The molecule has 1 aliphatic carbocycles. The van der Waals surface area contributed by atoms with Crippen molar-refractivity contribution in [2.75, 3.05) is 26.1 Å². The third-order valence-corrected chi connectivity index (χ3v) is 5.73. The molecule has 0 saturated heterocycles. The van der Waals surface area contributed by atoms with E-state index in [1.165, 1.54) is 19.2 Å². The number of carbonyl (C=O) groups excluding carboxylic acids is 1. The highest BCUT2D eigenvalue weighted by Gasteiger charge is 2.18. The van der Waals surface area contributed by atoms with Gasteiger partial charge in [-0.3, -0.25) is 5.32 Å². The van der Waals surface area contributed by atoms with Crippen LogP contribution in [0.2, 0.25) is 5.02 Å². The lowest BCUT2D eigenvalue weighted by Gasteiger charge is -2.13. The molecule has 0 atom stereocenters. The number of aromatic nitrogens is 2. The van der Waals surface area contributed by atoms with Crippen molar-refractivity contribution >= 4 is 34.3 Å². The quantitative estimate of drug-likeness (QED) is 0.477. The van der Waals surface area contributed by atoms with Gasteiger partial charge in [0.15, 0.2) is 11.5 Å². The molecule has 1 aromatic heterocycles. The first-order valence-corrected chi connectivity index (χ1v) is 10.7. The van der Waals surface area contributed by atoms with Gasteiger partial charge in [-0.05, 0) is 37.0 Å². The van der Waals surface area contributed by atoms with Crippen molar-refractivity contribution in [1.29, 1.82) is 0 Å². The van der Waals surface area contributed by atoms with E-state index < -0.39 is 6.09 Å². The van der Waals surface area contributed by atoms with Crippen LogP contribution in [0.4, 0.5) is 10.5 Å². The van der Waals surface area contributed by atoms with Gasteiger partial charge in [-0.15, -0.1) is 0 Å². The number of fused-ring (bicyclic) bond motifs is 1. The molecular weight excluding hydrogens is 434 g/mol. The van der Waals surface area contributed by atoms with E-state index in [0.29, 0.717) is 57.3 Å². The van der Waals surface area contributed by atoms with E-state index in [2.05, 4.69) is 15.3 Å². The fourth-order valence-corrected chi connectivity index (χ4v) is 3.95. The van der Waals surface area contributed by atoms with Crippen LogP contribution >= 0.6 is 11.6 Å². The van der Waals surface area contributed by atoms with E-state index in [9.17, 15) is 4.79 Å². The second kappa shape index (κ2) is 9.91. The predicted octanol–water partition coefficient (Wildman–Crippen LogP) is 5.83. The molecule has 0 radical (unpaired) electrons. The largest absolute Gasteiger partial charge is 0.493 e. The SMILES string of the molecule is COc1cc2ncnc(Oc3ccc(NC(=O)OCC4CCCC4)c(Cl)c3)c2cc1OC. The number of benzene rings is 2. The minimum absolute atomic E-state index is 0.318. The van der Waals surface area contributed by atoms with E-state index in [4.69, 9.17) is 30.5 Å². The summed E-state index contributed by atoms with van der Waals surface area (Å²) >= 11 is 6.35. The average molecular weight is 458 g/mol. The van der Waals surface area contributed by atoms with Crippen molar-refractivity contribution in [1.82, 2.24) is 9.97 Å². The fraction of sp³-hybridized carbons (Fsp3) is 0.348. The molecule has 3 aromatic rings. The van der Waals surface area contributed by atoms with Gasteiger partial charge in [0.05, 0.1) is 42.4 Å². The zero-order chi connectivity index (χ0) is 22.5. The molecule has 0 aliphatic heterocycles. The second-order valence-corrected chi connectivity index (χ2v) is 7.93. The van der Waals surface area contributed by atoms with Crippen molar-refractivity contribution in [2.45, 2.75) is 25.7 Å². The summed E-state index contributed by atoms with van der Waals surface area (Å²) in [4.78, 5) is 20.6. The minimum atomic E-state index is -0.518. The molecule has 4 rings (SSSR count). The van der Waals surface area contributed by atoms with E-state index in [0.717, 1.165) is 12.8 Å². The normalized spacial score (nSPS) is 13.7. The Bertz CT molecular complexity index is 1120. The fourth-order valence-electron chi connectivity index (χ4n) is 3.73. The number of hydrogen-bond acceptors (Lipinski definition) is 7. The number of halogens is 1. The van der Waals surface area contributed by atoms with Crippen molar-refractivity contribution in [3.05, 3.63) is 41.7 Å². The Morgan fingerprint density at radius 2 is 1.84 bits per heavy atom. The molecule has 32 heavy (non-hydrogen) atoms. The molecule has 2 aromatic carbocycles. The molecule has 168 valence electrons. The summed E-state index contributed by atoms with van der Waals surface area (Å²) in [6, 6.07) is 8.44. The van der Waals surface area contributed by atoms with Gasteiger partial charge in [0.25, 0.3) is 0 Å². The Balaban J connectivity index is 1.47. The zero-order valence-electron chi connectivity index (χ0n) is 17.9. The predicted molar refractivity (Wildman–Crippen MR) is 121 cm³/mol. The van der Waals surface area contributed by atoms with Crippen LogP contribution in [-0.4, -0.2) is 36.9 Å². The first-order chi connectivity index (χ1) is 15.6. The Morgan fingerprint density at radius 1 is 1.09 bits per heavy atom. The van der Waals surface area contributed by atoms with Crippen LogP contribution in [0.1, 0.15) is 25.7 Å². The number of amides is 1. The van der Waals surface area contributed by atoms with Gasteiger partial charge in [-0.2, -0.15) is 0 Å². The molecule has 1 fully saturated rings. The van der Waals surface area contributed by atoms with Crippen LogP contribution < -0.4 is 19.5 Å². The van der Waals surface area contributed by atoms with Gasteiger partial charge >= 0.3 is 6.09 Å². The number of methoxy groups -OCH3 is 2. The third-order valence-electron chi connectivity index (χ3n) is 5.42. The molecule has 1 aliphatic rings. The molecule has 9 heteroatoms. The van der Waals surface area contributed by atoms with Crippen LogP contribution in [-0.2, 0) is 4.74 Å². The molecule has 0 unspecified atom stereocenters. The Labute approximate surface area is 190 Å². The molecule has 0 bridgehead atoms. The molecule has 1 N–H and O–H groups in total. The highest BCUT2D eigenvalue weighted by atomic mass is 35.5. The zero-order valence-corrected chi connectivity index (χ0v) is 18.6. The lowest BCUT2D eigenvalue weighted by molar-refractivity contribution is 0.142. The summed E-state index contributed by atoms with van der Waals surface area (Å²) in [5.41, 5.74) is 1.08. The van der Waals surface area contributed by atoms with Crippen molar-refractivity contribution < 1.29 is 23.7 Å². The van der Waals surface area contributed by atoms with Crippen molar-refractivity contribution in [3.8, 4) is 23.1 Å². The molecule has 1 amide bonds. The summed E-state index contributed by atoms with van der Waals surface area (Å²) in [5, 5.41) is 3.65. The van der Waals surface area contributed by atoms with Crippen LogP contribution in [0.5, 0.6) is 23.1 Å². The second-order valence-electron chi connectivity index (χ2n) is 7.52. The first kappa shape index (κ1) is 22.0. The maximum absolute atomic E-state index is 12.1. The van der Waals surface area contributed by atoms with E-state index in [1.807, 2.05) is 0 Å². The van der Waals surface area contributed by atoms with E-state index >= 15 is 0 Å². The Kier molecular flexibility index (Phi) is 6.80. The molecule has 1 heterocycles. The first-order valence-electron chi connectivity index (χ1n) is 10.3. The third kappa shape index (κ3) is 4.96. The number of rotatable bonds is 7. The highest BCUT2D eigenvalue weighted by molar-refractivity contribution is 6.33. The van der Waals surface area contributed by atoms with Crippen LogP contribution in [0.3, 0.4) is 0 Å². The van der Waals surface area contributed by atoms with Gasteiger partial charge in [0.2, 0.25) is 5.88 Å². The van der Waals surface area contributed by atoms with Crippen LogP contribution in [0.15, 0.2) is 36.7 Å². The van der Waals surface area contributed by atoms with Crippen molar-refractivity contribution in [2.24, 2.45) is 5.92 Å². The minimum Gasteiger partial charge on any atom is -0.493 e. The van der Waals surface area contributed by atoms with Gasteiger partial charge in [0, 0.05) is 12.1 Å². The highest BCUT2D eigenvalue weighted by Crippen LogP contribution is 2.37. The lowest BCUT2D eigenvalue weighted by Crippen LogP contribution is -2.17. The molecule has 1 saturated carbocycles. The van der Waals surface area contributed by atoms with Crippen LogP contribution in [0, 0.1) is 5.92 Å². The standard InChI is InChI=1S/C23H24ClN3O5/c1-29-20-10-16-19(11-21(20)30-2)25-13-26-22(16)32-15-7-8-18(17(24)9-15)27-23(28)31-12-14-5-3-4-6-14/h7-11,13-14H,3-6,12H2,1-2H3,(H,27,28). The Morgan fingerprint density at radius 3 is 2.56 bits per heavy atom. The average Bonchev–Trinajstić information content (AvgIpc) is 3.32. The van der Waals surface area contributed by atoms with Gasteiger partial charge in [-0.25, -0.2) is 14.8 Å². The number of nitrogens with one attached hydrogen (secondary N) is 1. The number of ether oxygens (including phenoxy) is 4. The maximum atomic E-state index is 12.1. The number of nitrogens with zero attached hydrogens (tertiary/aromatic N) is 2. The smallest absolute Gasteiger partial charge is 0.411 e.